The second-order valence-electron chi connectivity index (χ2n) is 4.06. The molecule has 18 heavy (non-hydrogen) atoms. The standard InChI is InChI=1S/C12H18N4OS/c1-5-17-6-7-18-12-14-11-13-9(3)8(2)10(4)16(11)15-12/h5-7H2,1-4H3. The van der Waals surface area contributed by atoms with Crippen molar-refractivity contribution in [3.8, 4) is 0 Å². The van der Waals surface area contributed by atoms with Gasteiger partial charge in [0, 0.05) is 23.7 Å². The van der Waals surface area contributed by atoms with Crippen molar-refractivity contribution < 1.29 is 4.74 Å². The third kappa shape index (κ3) is 2.64. The Morgan fingerprint density at radius 3 is 2.72 bits per heavy atom. The van der Waals surface area contributed by atoms with Crippen LogP contribution < -0.4 is 0 Å². The van der Waals surface area contributed by atoms with Gasteiger partial charge in [0.1, 0.15) is 0 Å². The second-order valence-corrected chi connectivity index (χ2v) is 5.12. The molecule has 0 spiro atoms. The summed E-state index contributed by atoms with van der Waals surface area (Å²) < 4.78 is 7.10. The van der Waals surface area contributed by atoms with Crippen LogP contribution in [0.2, 0.25) is 0 Å². The fraction of sp³-hybridized carbons (Fsp3) is 0.583. The maximum Gasteiger partial charge on any atom is 0.253 e. The maximum absolute atomic E-state index is 5.29. The predicted octanol–water partition coefficient (Wildman–Crippen LogP) is 2.18. The van der Waals surface area contributed by atoms with Crippen LogP contribution in [0.25, 0.3) is 5.78 Å². The van der Waals surface area contributed by atoms with Crippen LogP contribution in [0.3, 0.4) is 0 Å². The van der Waals surface area contributed by atoms with Gasteiger partial charge in [-0.05, 0) is 33.3 Å². The molecule has 6 heteroatoms. The van der Waals surface area contributed by atoms with Gasteiger partial charge in [-0.15, -0.1) is 5.10 Å². The number of rotatable bonds is 5. The summed E-state index contributed by atoms with van der Waals surface area (Å²) in [5.41, 5.74) is 3.28. The van der Waals surface area contributed by atoms with E-state index in [2.05, 4.69) is 22.0 Å². The van der Waals surface area contributed by atoms with Gasteiger partial charge in [-0.1, -0.05) is 11.8 Å². The number of fused-ring (bicyclic) bond motifs is 1. The summed E-state index contributed by atoms with van der Waals surface area (Å²) in [5.74, 6) is 1.54. The first-order valence-corrected chi connectivity index (χ1v) is 7.03. The number of aromatic nitrogens is 4. The van der Waals surface area contributed by atoms with Crippen LogP contribution in [-0.2, 0) is 4.74 Å². The van der Waals surface area contributed by atoms with E-state index in [0.717, 1.165) is 35.5 Å². The Hall–Kier alpha value is -1.14. The maximum atomic E-state index is 5.29. The topological polar surface area (TPSA) is 52.3 Å². The predicted molar refractivity (Wildman–Crippen MR) is 72.2 cm³/mol. The zero-order chi connectivity index (χ0) is 13.1. The van der Waals surface area contributed by atoms with Gasteiger partial charge in [0.15, 0.2) is 0 Å². The molecule has 2 aromatic heterocycles. The normalized spacial score (nSPS) is 11.3. The molecule has 0 aromatic carbocycles. The van der Waals surface area contributed by atoms with Gasteiger partial charge in [-0.25, -0.2) is 9.50 Å². The zero-order valence-electron chi connectivity index (χ0n) is 11.2. The van der Waals surface area contributed by atoms with Crippen molar-refractivity contribution >= 4 is 17.5 Å². The summed E-state index contributed by atoms with van der Waals surface area (Å²) in [6.45, 7) is 9.56. The highest BCUT2D eigenvalue weighted by molar-refractivity contribution is 7.99. The molecule has 0 aliphatic rings. The molecule has 98 valence electrons. The lowest BCUT2D eigenvalue weighted by atomic mass is 10.2. The number of aryl methyl sites for hydroxylation is 2. The van der Waals surface area contributed by atoms with Gasteiger partial charge in [0.05, 0.1) is 6.61 Å². The number of thioether (sulfide) groups is 1. The van der Waals surface area contributed by atoms with Crippen molar-refractivity contribution in [2.45, 2.75) is 32.9 Å². The highest BCUT2D eigenvalue weighted by atomic mass is 32.2. The third-order valence-corrected chi connectivity index (χ3v) is 3.71. The largest absolute Gasteiger partial charge is 0.381 e. The van der Waals surface area contributed by atoms with Crippen molar-refractivity contribution in [2.75, 3.05) is 19.0 Å². The Bertz CT molecular complexity index is 552. The molecule has 0 radical (unpaired) electrons. The summed E-state index contributed by atoms with van der Waals surface area (Å²) in [7, 11) is 0. The van der Waals surface area contributed by atoms with Gasteiger partial charge in [0.25, 0.3) is 5.78 Å². The van der Waals surface area contributed by atoms with Crippen LogP contribution in [0.4, 0.5) is 0 Å². The molecular formula is C12H18N4OS. The van der Waals surface area contributed by atoms with Crippen LogP contribution in [-0.4, -0.2) is 38.5 Å². The quantitative estimate of drug-likeness (QED) is 0.613. The molecule has 0 atom stereocenters. The molecule has 0 N–H and O–H groups in total. The van der Waals surface area contributed by atoms with Crippen LogP contribution in [0, 0.1) is 20.8 Å². The summed E-state index contributed by atoms with van der Waals surface area (Å²) in [4.78, 5) is 8.87. The summed E-state index contributed by atoms with van der Waals surface area (Å²) >= 11 is 1.60. The van der Waals surface area contributed by atoms with Gasteiger partial charge < -0.3 is 4.74 Å². The lowest BCUT2D eigenvalue weighted by Crippen LogP contribution is -2.02. The first-order valence-electron chi connectivity index (χ1n) is 6.04. The van der Waals surface area contributed by atoms with E-state index in [-0.39, 0.29) is 0 Å². The van der Waals surface area contributed by atoms with Crippen LogP contribution >= 0.6 is 11.8 Å². The molecule has 0 unspecified atom stereocenters. The minimum atomic E-state index is 0.675. The summed E-state index contributed by atoms with van der Waals surface area (Å²) in [6.07, 6.45) is 0. The molecule has 2 aromatic rings. The van der Waals surface area contributed by atoms with E-state index in [1.807, 2.05) is 25.3 Å². The molecule has 0 saturated heterocycles. The smallest absolute Gasteiger partial charge is 0.253 e. The van der Waals surface area contributed by atoms with Crippen molar-refractivity contribution in [2.24, 2.45) is 0 Å². The van der Waals surface area contributed by atoms with E-state index in [0.29, 0.717) is 5.78 Å². The summed E-state index contributed by atoms with van der Waals surface area (Å²) in [6, 6.07) is 0. The monoisotopic (exact) mass is 266 g/mol. The Morgan fingerprint density at radius 1 is 1.22 bits per heavy atom. The molecule has 2 rings (SSSR count). The fourth-order valence-electron chi connectivity index (χ4n) is 1.63. The number of nitrogens with zero attached hydrogens (tertiary/aromatic N) is 4. The molecule has 2 heterocycles. The van der Waals surface area contributed by atoms with E-state index in [1.54, 1.807) is 11.8 Å². The Kier molecular flexibility index (Phi) is 4.19. The molecule has 0 fully saturated rings. The van der Waals surface area contributed by atoms with Gasteiger partial charge in [0.2, 0.25) is 5.16 Å². The van der Waals surface area contributed by atoms with Gasteiger partial charge in [-0.2, -0.15) is 4.98 Å². The molecular weight excluding hydrogens is 248 g/mol. The number of hydrogen-bond donors (Lipinski definition) is 0. The minimum Gasteiger partial charge on any atom is -0.381 e. The van der Waals surface area contributed by atoms with E-state index >= 15 is 0 Å². The zero-order valence-corrected chi connectivity index (χ0v) is 12.0. The lowest BCUT2D eigenvalue weighted by molar-refractivity contribution is 0.164. The molecule has 0 aliphatic heterocycles. The first kappa shape index (κ1) is 13.3. The fourth-order valence-corrected chi connectivity index (χ4v) is 2.30. The highest BCUT2D eigenvalue weighted by Crippen LogP contribution is 2.17. The summed E-state index contributed by atoms with van der Waals surface area (Å²) in [5, 5.41) is 5.22. The van der Waals surface area contributed by atoms with E-state index in [1.165, 1.54) is 5.56 Å². The molecule has 5 nitrogen and oxygen atoms in total. The van der Waals surface area contributed by atoms with E-state index in [9.17, 15) is 0 Å². The molecule has 0 aliphatic carbocycles. The van der Waals surface area contributed by atoms with E-state index < -0.39 is 0 Å². The van der Waals surface area contributed by atoms with Crippen LogP contribution in [0.1, 0.15) is 23.9 Å². The SMILES string of the molecule is CCOCCSc1nc2nc(C)c(C)c(C)n2n1. The van der Waals surface area contributed by atoms with E-state index in [4.69, 9.17) is 4.74 Å². The number of hydrogen-bond acceptors (Lipinski definition) is 5. The van der Waals surface area contributed by atoms with Crippen LogP contribution in [0.5, 0.6) is 0 Å². The van der Waals surface area contributed by atoms with Crippen molar-refractivity contribution in [1.82, 2.24) is 19.6 Å². The minimum absolute atomic E-state index is 0.675. The molecule has 0 amide bonds. The third-order valence-electron chi connectivity index (χ3n) is 2.90. The highest BCUT2D eigenvalue weighted by Gasteiger charge is 2.10. The van der Waals surface area contributed by atoms with Gasteiger partial charge >= 0.3 is 0 Å². The Morgan fingerprint density at radius 2 is 2.00 bits per heavy atom. The average Bonchev–Trinajstić information content (AvgIpc) is 2.75. The Labute approximate surface area is 111 Å². The number of ether oxygens (including phenoxy) is 1. The molecule has 0 saturated carbocycles. The van der Waals surface area contributed by atoms with Crippen LogP contribution in [0.15, 0.2) is 5.16 Å². The Balaban J connectivity index is 2.20. The molecule has 0 bridgehead atoms. The van der Waals surface area contributed by atoms with Crippen molar-refractivity contribution in [3.05, 3.63) is 17.0 Å². The first-order chi connectivity index (χ1) is 8.63. The van der Waals surface area contributed by atoms with Gasteiger partial charge in [-0.3, -0.25) is 0 Å². The average molecular weight is 266 g/mol. The van der Waals surface area contributed by atoms with Crippen molar-refractivity contribution in [1.29, 1.82) is 0 Å². The second kappa shape index (κ2) is 5.67. The lowest BCUT2D eigenvalue weighted by Gasteiger charge is -2.04. The van der Waals surface area contributed by atoms with Crippen molar-refractivity contribution in [3.63, 3.8) is 0 Å².